The number of fused-ring (bicyclic) bond motifs is 1. The molecular formula is C13H11NO. The molecule has 0 amide bonds. The second-order valence-electron chi connectivity index (χ2n) is 3.30. The minimum absolute atomic E-state index is 0.747. The van der Waals surface area contributed by atoms with Crippen molar-refractivity contribution in [1.29, 1.82) is 0 Å². The lowest BCUT2D eigenvalue weighted by Crippen LogP contribution is -1.85. The van der Waals surface area contributed by atoms with Crippen LogP contribution in [0.1, 0.15) is 5.56 Å². The molecule has 1 heterocycles. The van der Waals surface area contributed by atoms with E-state index in [0.29, 0.717) is 0 Å². The molecule has 1 aromatic heterocycles. The van der Waals surface area contributed by atoms with Crippen molar-refractivity contribution in [2.45, 2.75) is 6.42 Å². The summed E-state index contributed by atoms with van der Waals surface area (Å²) < 4.78 is 0. The number of hydrogen-bond donors (Lipinski definition) is 0. The Balaban J connectivity index is 2.30. The number of rotatable bonds is 3. The first-order valence-corrected chi connectivity index (χ1v) is 4.84. The molecule has 0 aliphatic rings. The number of hydrogen-bond acceptors (Lipinski definition) is 2. The summed E-state index contributed by atoms with van der Waals surface area (Å²) in [5.74, 6) is 0. The van der Waals surface area contributed by atoms with Crippen LogP contribution in [0.3, 0.4) is 0 Å². The monoisotopic (exact) mass is 197 g/mol. The Kier molecular flexibility index (Phi) is 2.88. The van der Waals surface area contributed by atoms with Crippen LogP contribution < -0.4 is 0 Å². The van der Waals surface area contributed by atoms with Crippen molar-refractivity contribution < 1.29 is 4.79 Å². The molecular weight excluding hydrogens is 186 g/mol. The second-order valence-corrected chi connectivity index (χ2v) is 3.30. The third-order valence-corrected chi connectivity index (χ3v) is 2.22. The number of benzene rings is 1. The van der Waals surface area contributed by atoms with E-state index in [9.17, 15) is 4.79 Å². The Morgan fingerprint density at radius 2 is 2.13 bits per heavy atom. The normalized spacial score (nSPS) is 10.9. The van der Waals surface area contributed by atoms with E-state index < -0.39 is 0 Å². The van der Waals surface area contributed by atoms with Crippen molar-refractivity contribution >= 4 is 17.2 Å². The van der Waals surface area contributed by atoms with Crippen molar-refractivity contribution in [3.8, 4) is 0 Å². The minimum atomic E-state index is 0.747. The van der Waals surface area contributed by atoms with Gasteiger partial charge in [-0.1, -0.05) is 24.3 Å². The van der Waals surface area contributed by atoms with E-state index in [1.807, 2.05) is 36.5 Å². The van der Waals surface area contributed by atoms with Gasteiger partial charge < -0.3 is 0 Å². The first kappa shape index (κ1) is 9.59. The molecule has 0 saturated heterocycles. The van der Waals surface area contributed by atoms with Crippen LogP contribution in [-0.4, -0.2) is 11.3 Å². The highest BCUT2D eigenvalue weighted by atomic mass is 16.1. The lowest BCUT2D eigenvalue weighted by atomic mass is 10.1. The van der Waals surface area contributed by atoms with E-state index in [1.165, 1.54) is 6.08 Å². The highest BCUT2D eigenvalue weighted by molar-refractivity contribution is 5.78. The molecule has 0 aliphatic heterocycles. The van der Waals surface area contributed by atoms with Crippen molar-refractivity contribution in [3.05, 3.63) is 54.2 Å². The maximum absolute atomic E-state index is 10.1. The largest absolute Gasteiger partial charge is 0.299 e. The third-order valence-electron chi connectivity index (χ3n) is 2.22. The molecule has 2 nitrogen and oxygen atoms in total. The van der Waals surface area contributed by atoms with E-state index in [-0.39, 0.29) is 0 Å². The van der Waals surface area contributed by atoms with E-state index in [4.69, 9.17) is 0 Å². The molecule has 74 valence electrons. The zero-order valence-corrected chi connectivity index (χ0v) is 8.26. The lowest BCUT2D eigenvalue weighted by Gasteiger charge is -1.99. The maximum atomic E-state index is 10.1. The van der Waals surface area contributed by atoms with E-state index in [0.717, 1.165) is 29.2 Å². The summed E-state index contributed by atoms with van der Waals surface area (Å²) in [5.41, 5.74) is 2.12. The van der Waals surface area contributed by atoms with E-state index in [1.54, 1.807) is 0 Å². The molecule has 2 rings (SSSR count). The fourth-order valence-electron chi connectivity index (χ4n) is 1.49. The molecule has 2 heteroatoms. The predicted octanol–water partition coefficient (Wildman–Crippen LogP) is 2.53. The Morgan fingerprint density at radius 3 is 3.00 bits per heavy atom. The van der Waals surface area contributed by atoms with E-state index in [2.05, 4.69) is 11.1 Å². The summed E-state index contributed by atoms with van der Waals surface area (Å²) in [6.07, 6.45) is 6.72. The summed E-state index contributed by atoms with van der Waals surface area (Å²) >= 11 is 0. The molecule has 0 bridgehead atoms. The Bertz CT molecular complexity index is 503. The van der Waals surface area contributed by atoms with Crippen LogP contribution >= 0.6 is 0 Å². The van der Waals surface area contributed by atoms with Crippen LogP contribution in [0, 0.1) is 0 Å². The second kappa shape index (κ2) is 4.51. The summed E-state index contributed by atoms with van der Waals surface area (Å²) in [4.78, 5) is 14.4. The van der Waals surface area contributed by atoms with Gasteiger partial charge in [0.2, 0.25) is 0 Å². The van der Waals surface area contributed by atoms with Gasteiger partial charge in [0.05, 0.1) is 5.52 Å². The van der Waals surface area contributed by atoms with Crippen LogP contribution in [0.5, 0.6) is 0 Å². The molecule has 0 aliphatic carbocycles. The summed E-state index contributed by atoms with van der Waals surface area (Å²) in [5, 5.41) is 1.13. The average molecular weight is 197 g/mol. The SMILES string of the molecule is O=CC=CCc1cnc2ccccc2c1. The number of carbonyl (C=O) groups excluding carboxylic acids is 1. The number of para-hydroxylation sites is 1. The van der Waals surface area contributed by atoms with E-state index >= 15 is 0 Å². The molecule has 0 saturated carbocycles. The summed E-state index contributed by atoms with van der Waals surface area (Å²) in [7, 11) is 0. The van der Waals surface area contributed by atoms with Crippen LogP contribution in [0.2, 0.25) is 0 Å². The summed E-state index contributed by atoms with van der Waals surface area (Å²) in [6.45, 7) is 0. The number of pyridine rings is 1. The number of aldehydes is 1. The van der Waals surface area contributed by atoms with Gasteiger partial charge in [0.25, 0.3) is 0 Å². The maximum Gasteiger partial charge on any atom is 0.142 e. The molecule has 0 fully saturated rings. The van der Waals surface area contributed by atoms with Gasteiger partial charge in [-0.15, -0.1) is 0 Å². The molecule has 0 unspecified atom stereocenters. The third kappa shape index (κ3) is 2.29. The standard InChI is InChI=1S/C13H11NO/c15-8-4-3-5-11-9-12-6-1-2-7-13(12)14-10-11/h1-4,6-10H,5H2. The number of aromatic nitrogens is 1. The van der Waals surface area contributed by atoms with Crippen LogP contribution in [0.25, 0.3) is 10.9 Å². The van der Waals surface area contributed by atoms with Crippen molar-refractivity contribution in [2.75, 3.05) is 0 Å². The molecule has 15 heavy (non-hydrogen) atoms. The first-order chi connectivity index (χ1) is 7.40. The van der Waals surface area contributed by atoms with Gasteiger partial charge in [-0.2, -0.15) is 0 Å². The minimum Gasteiger partial charge on any atom is -0.299 e. The van der Waals surface area contributed by atoms with Crippen molar-refractivity contribution in [3.63, 3.8) is 0 Å². The zero-order chi connectivity index (χ0) is 10.5. The van der Waals surface area contributed by atoms with Crippen molar-refractivity contribution in [1.82, 2.24) is 4.98 Å². The van der Waals surface area contributed by atoms with Crippen LogP contribution in [-0.2, 0) is 11.2 Å². The average Bonchev–Trinajstić information content (AvgIpc) is 2.29. The van der Waals surface area contributed by atoms with Crippen LogP contribution in [0.4, 0.5) is 0 Å². The zero-order valence-electron chi connectivity index (χ0n) is 8.26. The van der Waals surface area contributed by atoms with Gasteiger partial charge in [0.1, 0.15) is 6.29 Å². The van der Waals surface area contributed by atoms with Crippen LogP contribution in [0.15, 0.2) is 48.7 Å². The molecule has 0 N–H and O–H groups in total. The molecule has 0 radical (unpaired) electrons. The molecule has 0 spiro atoms. The number of carbonyl (C=O) groups is 1. The fourth-order valence-corrected chi connectivity index (χ4v) is 1.49. The Hall–Kier alpha value is -1.96. The quantitative estimate of drug-likeness (QED) is 0.559. The molecule has 2 aromatic rings. The van der Waals surface area contributed by atoms with Crippen molar-refractivity contribution in [2.24, 2.45) is 0 Å². The fraction of sp³-hybridized carbons (Fsp3) is 0.0769. The highest BCUT2D eigenvalue weighted by Gasteiger charge is 1.94. The Morgan fingerprint density at radius 1 is 1.27 bits per heavy atom. The van der Waals surface area contributed by atoms with Gasteiger partial charge in [0.15, 0.2) is 0 Å². The van der Waals surface area contributed by atoms with Gasteiger partial charge >= 0.3 is 0 Å². The number of nitrogens with zero attached hydrogens (tertiary/aromatic N) is 1. The van der Waals surface area contributed by atoms with Gasteiger partial charge in [0, 0.05) is 11.6 Å². The predicted molar refractivity (Wildman–Crippen MR) is 60.7 cm³/mol. The molecule has 1 aromatic carbocycles. The number of allylic oxidation sites excluding steroid dienone is 2. The molecule has 0 atom stereocenters. The lowest BCUT2D eigenvalue weighted by molar-refractivity contribution is -0.104. The topological polar surface area (TPSA) is 30.0 Å². The van der Waals surface area contributed by atoms with Gasteiger partial charge in [-0.3, -0.25) is 9.78 Å². The first-order valence-electron chi connectivity index (χ1n) is 4.84. The smallest absolute Gasteiger partial charge is 0.142 e. The summed E-state index contributed by atoms with van der Waals surface area (Å²) in [6, 6.07) is 10.1. The van der Waals surface area contributed by atoms with Gasteiger partial charge in [-0.05, 0) is 30.2 Å². The Labute approximate surface area is 88.3 Å². The van der Waals surface area contributed by atoms with Gasteiger partial charge in [-0.25, -0.2) is 0 Å². The highest BCUT2D eigenvalue weighted by Crippen LogP contribution is 2.12.